The van der Waals surface area contributed by atoms with Gasteiger partial charge in [0.2, 0.25) is 10.0 Å². The van der Waals surface area contributed by atoms with Crippen LogP contribution >= 0.6 is 0 Å². The third-order valence-electron chi connectivity index (χ3n) is 4.02. The lowest BCUT2D eigenvalue weighted by Crippen LogP contribution is -2.37. The number of rotatable bonds is 3. The number of aromatic nitrogens is 1. The molecular weight excluding hydrogens is 333 g/mol. The first-order valence-corrected chi connectivity index (χ1v) is 9.11. The SMILES string of the molecule is O=C(c1ccc[nH]1)N1CCCN(S(=O)(=O)c2ccc(F)cc2)CC1. The first kappa shape index (κ1) is 16.7. The summed E-state index contributed by atoms with van der Waals surface area (Å²) in [5.74, 6) is -0.617. The van der Waals surface area contributed by atoms with Gasteiger partial charge in [0.15, 0.2) is 0 Å². The summed E-state index contributed by atoms with van der Waals surface area (Å²) in [4.78, 5) is 16.9. The third kappa shape index (κ3) is 3.34. The Bertz CT molecular complexity index is 804. The van der Waals surface area contributed by atoms with Gasteiger partial charge in [-0.1, -0.05) is 0 Å². The lowest BCUT2D eigenvalue weighted by Gasteiger charge is -2.21. The van der Waals surface area contributed by atoms with Gasteiger partial charge in [-0.2, -0.15) is 4.31 Å². The highest BCUT2D eigenvalue weighted by Crippen LogP contribution is 2.18. The zero-order valence-corrected chi connectivity index (χ0v) is 13.8. The zero-order valence-electron chi connectivity index (χ0n) is 13.0. The minimum atomic E-state index is -3.68. The van der Waals surface area contributed by atoms with Crippen LogP contribution in [0.5, 0.6) is 0 Å². The minimum absolute atomic E-state index is 0.0630. The fourth-order valence-corrected chi connectivity index (χ4v) is 4.20. The van der Waals surface area contributed by atoms with Crippen molar-refractivity contribution in [2.75, 3.05) is 26.2 Å². The lowest BCUT2D eigenvalue weighted by atomic mass is 10.3. The Morgan fingerprint density at radius 2 is 1.79 bits per heavy atom. The largest absolute Gasteiger partial charge is 0.357 e. The third-order valence-corrected chi connectivity index (χ3v) is 5.93. The number of nitrogens with one attached hydrogen (secondary N) is 1. The molecule has 24 heavy (non-hydrogen) atoms. The molecule has 0 unspecified atom stereocenters. The number of halogens is 1. The Labute approximate surface area is 139 Å². The maximum Gasteiger partial charge on any atom is 0.270 e. The van der Waals surface area contributed by atoms with Gasteiger partial charge in [-0.25, -0.2) is 12.8 Å². The maximum atomic E-state index is 13.0. The van der Waals surface area contributed by atoms with E-state index in [0.29, 0.717) is 31.7 Å². The van der Waals surface area contributed by atoms with Crippen molar-refractivity contribution in [3.05, 3.63) is 54.1 Å². The summed E-state index contributed by atoms with van der Waals surface area (Å²) in [5, 5.41) is 0. The number of amides is 1. The normalized spacial score (nSPS) is 16.8. The Balaban J connectivity index is 1.73. The summed E-state index contributed by atoms with van der Waals surface area (Å²) in [7, 11) is -3.68. The topological polar surface area (TPSA) is 73.5 Å². The summed E-state index contributed by atoms with van der Waals surface area (Å²) in [6.07, 6.45) is 2.23. The fourth-order valence-electron chi connectivity index (χ4n) is 2.73. The molecule has 128 valence electrons. The summed E-state index contributed by atoms with van der Waals surface area (Å²) in [6.45, 7) is 1.35. The number of H-pyrrole nitrogens is 1. The highest BCUT2D eigenvalue weighted by atomic mass is 32.2. The molecule has 1 aliphatic rings. The summed E-state index contributed by atoms with van der Waals surface area (Å²) in [5.41, 5.74) is 0.491. The van der Waals surface area contributed by atoms with Crippen LogP contribution < -0.4 is 0 Å². The average molecular weight is 351 g/mol. The van der Waals surface area contributed by atoms with Crippen molar-refractivity contribution in [2.24, 2.45) is 0 Å². The molecule has 8 heteroatoms. The second-order valence-corrected chi connectivity index (χ2v) is 7.53. The van der Waals surface area contributed by atoms with E-state index >= 15 is 0 Å². The van der Waals surface area contributed by atoms with Gasteiger partial charge in [0.25, 0.3) is 5.91 Å². The summed E-state index contributed by atoms with van der Waals surface area (Å²) in [6, 6.07) is 8.23. The maximum absolute atomic E-state index is 13.0. The van der Waals surface area contributed by atoms with E-state index in [4.69, 9.17) is 0 Å². The molecule has 1 saturated heterocycles. The van der Waals surface area contributed by atoms with E-state index in [0.717, 1.165) is 12.1 Å². The van der Waals surface area contributed by atoms with E-state index in [1.807, 2.05) is 0 Å². The van der Waals surface area contributed by atoms with Gasteiger partial charge in [-0.05, 0) is 42.8 Å². The first-order chi connectivity index (χ1) is 11.5. The molecule has 1 aromatic carbocycles. The number of hydrogen-bond acceptors (Lipinski definition) is 3. The van der Waals surface area contributed by atoms with Crippen molar-refractivity contribution in [3.8, 4) is 0 Å². The highest BCUT2D eigenvalue weighted by Gasteiger charge is 2.28. The van der Waals surface area contributed by atoms with Crippen molar-refractivity contribution in [1.29, 1.82) is 0 Å². The highest BCUT2D eigenvalue weighted by molar-refractivity contribution is 7.89. The van der Waals surface area contributed by atoms with Gasteiger partial charge < -0.3 is 9.88 Å². The van der Waals surface area contributed by atoms with Crippen LogP contribution in [0.1, 0.15) is 16.9 Å². The standard InChI is InChI=1S/C16H18FN3O3S/c17-13-4-6-14(7-5-13)24(22,23)20-10-2-9-19(11-12-20)16(21)15-3-1-8-18-15/h1,3-8,18H,2,9-12H2. The molecule has 6 nitrogen and oxygen atoms in total. The molecule has 1 aliphatic heterocycles. The van der Waals surface area contributed by atoms with Crippen LogP contribution in [0, 0.1) is 5.82 Å². The Hall–Kier alpha value is -2.19. The fraction of sp³-hybridized carbons (Fsp3) is 0.312. The number of sulfonamides is 1. The van der Waals surface area contributed by atoms with Crippen LogP contribution in [0.3, 0.4) is 0 Å². The van der Waals surface area contributed by atoms with Gasteiger partial charge in [-0.15, -0.1) is 0 Å². The summed E-state index contributed by atoms with van der Waals surface area (Å²) >= 11 is 0. The van der Waals surface area contributed by atoms with Crippen LogP contribution in [-0.2, 0) is 10.0 Å². The number of benzene rings is 1. The predicted molar refractivity (Wildman–Crippen MR) is 86.5 cm³/mol. The number of carbonyl (C=O) groups is 1. The quantitative estimate of drug-likeness (QED) is 0.915. The van der Waals surface area contributed by atoms with Gasteiger partial charge in [0.05, 0.1) is 4.90 Å². The monoisotopic (exact) mass is 351 g/mol. The molecule has 1 aromatic heterocycles. The van der Waals surface area contributed by atoms with Crippen LogP contribution in [0.2, 0.25) is 0 Å². The predicted octanol–water partition coefficient (Wildman–Crippen LogP) is 1.69. The van der Waals surface area contributed by atoms with Crippen LogP contribution in [0.4, 0.5) is 4.39 Å². The van der Waals surface area contributed by atoms with Gasteiger partial charge in [-0.3, -0.25) is 4.79 Å². The van der Waals surface area contributed by atoms with E-state index in [-0.39, 0.29) is 17.3 Å². The van der Waals surface area contributed by atoms with E-state index in [2.05, 4.69) is 4.98 Å². The smallest absolute Gasteiger partial charge is 0.270 e. The van der Waals surface area contributed by atoms with E-state index < -0.39 is 15.8 Å². The molecule has 0 atom stereocenters. The van der Waals surface area contributed by atoms with Gasteiger partial charge >= 0.3 is 0 Å². The van der Waals surface area contributed by atoms with Crippen molar-refractivity contribution in [3.63, 3.8) is 0 Å². The molecule has 0 bridgehead atoms. The van der Waals surface area contributed by atoms with Crippen molar-refractivity contribution in [1.82, 2.24) is 14.2 Å². The van der Waals surface area contributed by atoms with Crippen molar-refractivity contribution >= 4 is 15.9 Å². The number of carbonyl (C=O) groups excluding carboxylic acids is 1. The number of nitrogens with zero attached hydrogens (tertiary/aromatic N) is 2. The molecule has 3 rings (SSSR count). The molecule has 1 N–H and O–H groups in total. The molecular formula is C16H18FN3O3S. The molecule has 0 radical (unpaired) electrons. The second-order valence-electron chi connectivity index (χ2n) is 5.59. The van der Waals surface area contributed by atoms with Gasteiger partial charge in [0, 0.05) is 32.4 Å². The van der Waals surface area contributed by atoms with E-state index in [9.17, 15) is 17.6 Å². The second kappa shape index (κ2) is 6.74. The Morgan fingerprint density at radius 3 is 2.46 bits per heavy atom. The van der Waals surface area contributed by atoms with Crippen molar-refractivity contribution in [2.45, 2.75) is 11.3 Å². The Kier molecular flexibility index (Phi) is 4.68. The van der Waals surface area contributed by atoms with E-state index in [1.165, 1.54) is 16.4 Å². The molecule has 1 fully saturated rings. The van der Waals surface area contributed by atoms with Gasteiger partial charge in [0.1, 0.15) is 11.5 Å². The molecule has 0 saturated carbocycles. The van der Waals surface area contributed by atoms with Crippen LogP contribution in [0.25, 0.3) is 0 Å². The zero-order chi connectivity index (χ0) is 17.2. The van der Waals surface area contributed by atoms with E-state index in [1.54, 1.807) is 23.2 Å². The molecule has 1 amide bonds. The summed E-state index contributed by atoms with van der Waals surface area (Å²) < 4.78 is 39.7. The number of aromatic amines is 1. The molecule has 2 heterocycles. The molecule has 0 spiro atoms. The average Bonchev–Trinajstić information content (AvgIpc) is 2.98. The van der Waals surface area contributed by atoms with Crippen LogP contribution in [-0.4, -0.2) is 54.7 Å². The minimum Gasteiger partial charge on any atom is -0.357 e. The van der Waals surface area contributed by atoms with Crippen LogP contribution in [0.15, 0.2) is 47.5 Å². The Morgan fingerprint density at radius 1 is 1.04 bits per heavy atom. The number of hydrogen-bond donors (Lipinski definition) is 1. The lowest BCUT2D eigenvalue weighted by molar-refractivity contribution is 0.0759. The molecule has 0 aliphatic carbocycles. The molecule has 2 aromatic rings. The first-order valence-electron chi connectivity index (χ1n) is 7.67. The van der Waals surface area contributed by atoms with Crippen molar-refractivity contribution < 1.29 is 17.6 Å².